The predicted molar refractivity (Wildman–Crippen MR) is 87.8 cm³/mol. The molecule has 1 N–H and O–H groups in total. The molecular formula is C19H19F3O3. The molecule has 1 unspecified atom stereocenters. The Hall–Kier alpha value is -2.50. The lowest BCUT2D eigenvalue weighted by atomic mass is 9.86. The van der Waals surface area contributed by atoms with Crippen LogP contribution in [0.25, 0.3) is 0 Å². The quantitative estimate of drug-likeness (QED) is 0.754. The first-order chi connectivity index (χ1) is 11.8. The highest BCUT2D eigenvalue weighted by molar-refractivity contribution is 5.66. The zero-order valence-corrected chi connectivity index (χ0v) is 13.7. The second kappa shape index (κ2) is 8.05. The molecule has 3 nitrogen and oxygen atoms in total. The summed E-state index contributed by atoms with van der Waals surface area (Å²) in [5, 5.41) is 8.82. The van der Waals surface area contributed by atoms with E-state index in [1.165, 1.54) is 13.2 Å². The number of rotatable bonds is 7. The van der Waals surface area contributed by atoms with Crippen LogP contribution in [-0.4, -0.2) is 18.2 Å². The molecule has 0 aliphatic heterocycles. The van der Waals surface area contributed by atoms with Crippen molar-refractivity contribution in [1.29, 1.82) is 0 Å². The van der Waals surface area contributed by atoms with Crippen LogP contribution in [0.3, 0.4) is 0 Å². The highest BCUT2D eigenvalue weighted by Crippen LogP contribution is 2.35. The fraction of sp³-hybridized carbons (Fsp3) is 0.316. The first kappa shape index (κ1) is 18.8. The molecule has 6 heteroatoms. The van der Waals surface area contributed by atoms with Crippen molar-refractivity contribution in [1.82, 2.24) is 0 Å². The summed E-state index contributed by atoms with van der Waals surface area (Å²) >= 11 is 0. The molecule has 2 aromatic rings. The number of carboxylic acids is 1. The molecule has 0 saturated carbocycles. The van der Waals surface area contributed by atoms with Gasteiger partial charge in [-0.05, 0) is 42.2 Å². The van der Waals surface area contributed by atoms with Gasteiger partial charge in [-0.1, -0.05) is 30.3 Å². The number of hydrogen-bond acceptors (Lipinski definition) is 2. The van der Waals surface area contributed by atoms with Gasteiger partial charge in [0.05, 0.1) is 12.7 Å². The number of carbonyl (C=O) groups is 1. The molecular weight excluding hydrogens is 333 g/mol. The van der Waals surface area contributed by atoms with E-state index in [0.717, 1.165) is 17.7 Å². The molecule has 0 aliphatic rings. The minimum absolute atomic E-state index is 0.0222. The number of benzene rings is 2. The number of carboxylic acid groups (broad SMARTS) is 1. The molecule has 0 fully saturated rings. The third-order valence-corrected chi connectivity index (χ3v) is 4.02. The molecule has 0 heterocycles. The van der Waals surface area contributed by atoms with Gasteiger partial charge in [-0.2, -0.15) is 13.2 Å². The van der Waals surface area contributed by atoms with Crippen molar-refractivity contribution in [3.63, 3.8) is 0 Å². The van der Waals surface area contributed by atoms with E-state index in [4.69, 9.17) is 9.84 Å². The van der Waals surface area contributed by atoms with Gasteiger partial charge in [0.2, 0.25) is 0 Å². The van der Waals surface area contributed by atoms with E-state index in [-0.39, 0.29) is 12.3 Å². The summed E-state index contributed by atoms with van der Waals surface area (Å²) < 4.78 is 44.1. The van der Waals surface area contributed by atoms with Crippen molar-refractivity contribution in [3.8, 4) is 5.75 Å². The molecule has 2 aromatic carbocycles. The Balaban J connectivity index is 2.34. The molecule has 0 aliphatic carbocycles. The lowest BCUT2D eigenvalue weighted by Crippen LogP contribution is -2.08. The number of aliphatic carboxylic acids is 1. The lowest BCUT2D eigenvalue weighted by Gasteiger charge is -2.19. The zero-order valence-electron chi connectivity index (χ0n) is 13.7. The Morgan fingerprint density at radius 1 is 1.12 bits per heavy atom. The number of ether oxygens (including phenoxy) is 1. The van der Waals surface area contributed by atoms with Crippen LogP contribution in [0.15, 0.2) is 48.5 Å². The molecule has 134 valence electrons. The van der Waals surface area contributed by atoms with Crippen LogP contribution in [-0.2, 0) is 11.0 Å². The molecule has 2 rings (SSSR count). The average Bonchev–Trinajstić information content (AvgIpc) is 2.58. The summed E-state index contributed by atoms with van der Waals surface area (Å²) in [6.45, 7) is 0. The van der Waals surface area contributed by atoms with Gasteiger partial charge in [-0.25, -0.2) is 0 Å². The third kappa shape index (κ3) is 5.24. The Morgan fingerprint density at radius 3 is 2.36 bits per heavy atom. The summed E-state index contributed by atoms with van der Waals surface area (Å²) in [5.41, 5.74) is 0.637. The van der Waals surface area contributed by atoms with Crippen molar-refractivity contribution in [2.45, 2.75) is 31.4 Å². The van der Waals surface area contributed by atoms with E-state index in [0.29, 0.717) is 24.2 Å². The maximum Gasteiger partial charge on any atom is 0.416 e. The SMILES string of the molecule is COc1ccc(C(CCCC(=O)O)c2cccc(C(F)(F)F)c2)cc1. The van der Waals surface area contributed by atoms with Crippen molar-refractivity contribution in [3.05, 3.63) is 65.2 Å². The molecule has 25 heavy (non-hydrogen) atoms. The lowest BCUT2D eigenvalue weighted by molar-refractivity contribution is -0.138. The Kier molecular flexibility index (Phi) is 6.07. The van der Waals surface area contributed by atoms with Crippen molar-refractivity contribution in [2.24, 2.45) is 0 Å². The number of halogens is 3. The van der Waals surface area contributed by atoms with Gasteiger partial charge in [0.15, 0.2) is 0 Å². The third-order valence-electron chi connectivity index (χ3n) is 4.02. The summed E-state index contributed by atoms with van der Waals surface area (Å²) in [7, 11) is 1.53. The van der Waals surface area contributed by atoms with Crippen LogP contribution < -0.4 is 4.74 Å². The maximum absolute atomic E-state index is 13.0. The predicted octanol–water partition coefficient (Wildman–Crippen LogP) is 5.10. The fourth-order valence-corrected chi connectivity index (χ4v) is 2.75. The molecule has 0 aromatic heterocycles. The topological polar surface area (TPSA) is 46.5 Å². The summed E-state index contributed by atoms with van der Waals surface area (Å²) in [6.07, 6.45) is -3.62. The summed E-state index contributed by atoms with van der Waals surface area (Å²) in [5.74, 6) is -0.581. The normalized spacial score (nSPS) is 12.6. The molecule has 0 bridgehead atoms. The second-order valence-electron chi connectivity index (χ2n) is 5.73. The van der Waals surface area contributed by atoms with Crippen LogP contribution in [0.2, 0.25) is 0 Å². The van der Waals surface area contributed by atoms with E-state index >= 15 is 0 Å². The molecule has 0 spiro atoms. The van der Waals surface area contributed by atoms with Crippen molar-refractivity contribution >= 4 is 5.97 Å². The largest absolute Gasteiger partial charge is 0.497 e. The highest BCUT2D eigenvalue weighted by Gasteiger charge is 2.31. The minimum Gasteiger partial charge on any atom is -0.497 e. The molecule has 0 radical (unpaired) electrons. The van der Waals surface area contributed by atoms with Gasteiger partial charge < -0.3 is 9.84 Å². The summed E-state index contributed by atoms with van der Waals surface area (Å²) in [4.78, 5) is 10.8. The van der Waals surface area contributed by atoms with Crippen LogP contribution in [0.4, 0.5) is 13.2 Å². The van der Waals surface area contributed by atoms with E-state index in [1.807, 2.05) is 0 Å². The Labute approximate surface area is 144 Å². The number of methoxy groups -OCH3 is 1. The standard InChI is InChI=1S/C19H19F3O3/c1-25-16-10-8-13(9-11-16)17(6-3-7-18(23)24)14-4-2-5-15(12-14)19(20,21)22/h2,4-5,8-12,17H,3,6-7H2,1H3,(H,23,24). The van der Waals surface area contributed by atoms with Crippen LogP contribution >= 0.6 is 0 Å². The van der Waals surface area contributed by atoms with Crippen LogP contribution in [0.5, 0.6) is 5.75 Å². The highest BCUT2D eigenvalue weighted by atomic mass is 19.4. The monoisotopic (exact) mass is 352 g/mol. The number of alkyl halides is 3. The van der Waals surface area contributed by atoms with E-state index in [9.17, 15) is 18.0 Å². The smallest absolute Gasteiger partial charge is 0.416 e. The fourth-order valence-electron chi connectivity index (χ4n) is 2.75. The van der Waals surface area contributed by atoms with Gasteiger partial charge in [0.25, 0.3) is 0 Å². The number of hydrogen-bond donors (Lipinski definition) is 1. The summed E-state index contributed by atoms with van der Waals surface area (Å²) in [6, 6.07) is 12.3. The van der Waals surface area contributed by atoms with Gasteiger partial charge in [-0.3, -0.25) is 4.79 Å². The first-order valence-corrected chi connectivity index (χ1v) is 7.84. The maximum atomic E-state index is 13.0. The van der Waals surface area contributed by atoms with Crippen molar-refractivity contribution in [2.75, 3.05) is 7.11 Å². The van der Waals surface area contributed by atoms with Crippen molar-refractivity contribution < 1.29 is 27.8 Å². The molecule has 1 atom stereocenters. The Morgan fingerprint density at radius 2 is 1.80 bits per heavy atom. The first-order valence-electron chi connectivity index (χ1n) is 7.84. The van der Waals surface area contributed by atoms with Crippen LogP contribution in [0, 0.1) is 0 Å². The molecule has 0 amide bonds. The van der Waals surface area contributed by atoms with Gasteiger partial charge in [-0.15, -0.1) is 0 Å². The van der Waals surface area contributed by atoms with E-state index < -0.39 is 17.7 Å². The second-order valence-corrected chi connectivity index (χ2v) is 5.73. The Bertz CT molecular complexity index is 709. The van der Waals surface area contributed by atoms with E-state index in [1.54, 1.807) is 30.3 Å². The minimum atomic E-state index is -4.42. The molecule has 0 saturated heterocycles. The van der Waals surface area contributed by atoms with Crippen LogP contribution in [0.1, 0.15) is 41.9 Å². The van der Waals surface area contributed by atoms with Gasteiger partial charge in [0.1, 0.15) is 5.75 Å². The average molecular weight is 352 g/mol. The van der Waals surface area contributed by atoms with Gasteiger partial charge >= 0.3 is 12.1 Å². The van der Waals surface area contributed by atoms with Gasteiger partial charge in [0, 0.05) is 12.3 Å². The van der Waals surface area contributed by atoms with E-state index in [2.05, 4.69) is 0 Å². The zero-order chi connectivity index (χ0) is 18.4.